The molecule has 0 bridgehead atoms. The molecule has 0 radical (unpaired) electrons. The Morgan fingerprint density at radius 2 is 2.00 bits per heavy atom. The van der Waals surface area contributed by atoms with E-state index in [4.69, 9.17) is 4.98 Å². The van der Waals surface area contributed by atoms with Gasteiger partial charge in [-0.1, -0.05) is 24.3 Å². The van der Waals surface area contributed by atoms with E-state index in [9.17, 15) is 9.59 Å². The van der Waals surface area contributed by atoms with Gasteiger partial charge >= 0.3 is 0 Å². The maximum Gasteiger partial charge on any atom is 0.244 e. The monoisotopic (exact) mass is 392 g/mol. The van der Waals surface area contributed by atoms with Gasteiger partial charge in [-0.25, -0.2) is 4.98 Å². The number of rotatable bonds is 3. The van der Waals surface area contributed by atoms with Gasteiger partial charge < -0.3 is 5.32 Å². The Balaban J connectivity index is 1.38. The Kier molecular flexibility index (Phi) is 4.33. The summed E-state index contributed by atoms with van der Waals surface area (Å²) in [7, 11) is 0. The Morgan fingerprint density at radius 3 is 2.89 bits per heavy atom. The second-order valence-corrected chi connectivity index (χ2v) is 8.26. The third-order valence-electron chi connectivity index (χ3n) is 5.37. The molecule has 1 unspecified atom stereocenters. The molecule has 1 saturated heterocycles. The van der Waals surface area contributed by atoms with Gasteiger partial charge in [-0.2, -0.15) is 0 Å². The van der Waals surface area contributed by atoms with E-state index in [1.165, 1.54) is 4.70 Å². The number of para-hydroxylation sites is 3. The van der Waals surface area contributed by atoms with Gasteiger partial charge in [0.25, 0.3) is 0 Å². The molecular weight excluding hydrogens is 372 g/mol. The fourth-order valence-corrected chi connectivity index (χ4v) is 5.18. The van der Waals surface area contributed by atoms with Gasteiger partial charge in [0, 0.05) is 0 Å². The van der Waals surface area contributed by atoms with Crippen molar-refractivity contribution in [2.75, 3.05) is 29.9 Å². The zero-order valence-corrected chi connectivity index (χ0v) is 16.1. The summed E-state index contributed by atoms with van der Waals surface area (Å²) in [6.07, 6.45) is 2.05. The molecule has 6 nitrogen and oxygen atoms in total. The van der Waals surface area contributed by atoms with Crippen molar-refractivity contribution in [2.24, 2.45) is 0 Å². The Morgan fingerprint density at radius 1 is 1.18 bits per heavy atom. The number of thiazole rings is 1. The SMILES string of the molecule is O=C1CN(C(=O)CN2CCCC2c2nc3ccccc3s2)c2ccccc2N1. The topological polar surface area (TPSA) is 65.5 Å². The number of carbonyl (C=O) groups is 2. The number of benzene rings is 2. The van der Waals surface area contributed by atoms with Crippen molar-refractivity contribution in [3.8, 4) is 0 Å². The molecule has 0 saturated carbocycles. The molecule has 7 heteroatoms. The molecule has 1 aromatic heterocycles. The lowest BCUT2D eigenvalue weighted by Gasteiger charge is -2.31. The van der Waals surface area contributed by atoms with E-state index < -0.39 is 0 Å². The summed E-state index contributed by atoms with van der Waals surface area (Å²) < 4.78 is 1.18. The number of carbonyl (C=O) groups excluding carboxylic acids is 2. The maximum absolute atomic E-state index is 13.1. The maximum atomic E-state index is 13.1. The average molecular weight is 392 g/mol. The molecule has 1 atom stereocenters. The van der Waals surface area contributed by atoms with Crippen LogP contribution in [0.15, 0.2) is 48.5 Å². The summed E-state index contributed by atoms with van der Waals surface area (Å²) >= 11 is 1.71. The third kappa shape index (κ3) is 3.06. The number of aromatic nitrogens is 1. The molecule has 3 heterocycles. The summed E-state index contributed by atoms with van der Waals surface area (Å²) in [5, 5.41) is 3.91. The van der Waals surface area contributed by atoms with Gasteiger partial charge in [-0.15, -0.1) is 11.3 Å². The van der Waals surface area contributed by atoms with E-state index in [0.29, 0.717) is 12.2 Å². The van der Waals surface area contributed by atoms with Crippen LogP contribution in [-0.2, 0) is 9.59 Å². The minimum absolute atomic E-state index is 0.0460. The molecule has 5 rings (SSSR count). The normalized spacial score (nSPS) is 19.6. The molecule has 2 aliphatic heterocycles. The summed E-state index contributed by atoms with van der Waals surface area (Å²) in [5.74, 6) is -0.202. The van der Waals surface area contributed by atoms with Crippen molar-refractivity contribution in [2.45, 2.75) is 18.9 Å². The number of fused-ring (bicyclic) bond motifs is 2. The molecule has 2 aliphatic rings. The standard InChI is InChI=1S/C21H20N4O2S/c26-19-12-25(16-8-3-1-6-14(16)22-19)20(27)13-24-11-5-9-17(24)21-23-15-7-2-4-10-18(15)28-21/h1-4,6-8,10,17H,5,9,11-13H2,(H,22,26). The predicted octanol–water partition coefficient (Wildman–Crippen LogP) is 3.42. The minimum Gasteiger partial charge on any atom is -0.323 e. The first kappa shape index (κ1) is 17.3. The van der Waals surface area contributed by atoms with Crippen LogP contribution in [0.5, 0.6) is 0 Å². The van der Waals surface area contributed by atoms with Crippen LogP contribution < -0.4 is 10.2 Å². The Hall–Kier alpha value is -2.77. The average Bonchev–Trinajstić information content (AvgIpc) is 3.33. The lowest BCUT2D eigenvalue weighted by molar-refractivity contribution is -0.122. The van der Waals surface area contributed by atoms with E-state index in [1.807, 2.05) is 42.5 Å². The number of hydrogen-bond acceptors (Lipinski definition) is 5. The number of amides is 2. The van der Waals surface area contributed by atoms with Crippen LogP contribution in [0, 0.1) is 0 Å². The molecule has 0 spiro atoms. The second kappa shape index (κ2) is 7.00. The highest BCUT2D eigenvalue weighted by molar-refractivity contribution is 7.18. The molecule has 1 fully saturated rings. The highest BCUT2D eigenvalue weighted by Gasteiger charge is 2.33. The first-order valence-corrected chi connectivity index (χ1v) is 10.3. The number of hydrogen-bond donors (Lipinski definition) is 1. The van der Waals surface area contributed by atoms with Gasteiger partial charge in [0.1, 0.15) is 11.6 Å². The summed E-state index contributed by atoms with van der Waals surface area (Å²) in [5.41, 5.74) is 2.47. The van der Waals surface area contributed by atoms with Crippen molar-refractivity contribution in [3.63, 3.8) is 0 Å². The van der Waals surface area contributed by atoms with Gasteiger partial charge in [-0.3, -0.25) is 19.4 Å². The van der Waals surface area contributed by atoms with Crippen LogP contribution in [0.4, 0.5) is 11.4 Å². The van der Waals surface area contributed by atoms with Crippen LogP contribution in [0.1, 0.15) is 23.9 Å². The summed E-state index contributed by atoms with van der Waals surface area (Å²) in [6, 6.07) is 15.8. The molecule has 0 aliphatic carbocycles. The van der Waals surface area contributed by atoms with Crippen LogP contribution in [0.3, 0.4) is 0 Å². The van der Waals surface area contributed by atoms with Crippen molar-refractivity contribution < 1.29 is 9.59 Å². The number of nitrogens with zero attached hydrogens (tertiary/aromatic N) is 3. The lowest BCUT2D eigenvalue weighted by atomic mass is 10.2. The van der Waals surface area contributed by atoms with Gasteiger partial charge in [-0.05, 0) is 43.7 Å². The van der Waals surface area contributed by atoms with Crippen molar-refractivity contribution in [3.05, 3.63) is 53.5 Å². The number of anilines is 2. The van der Waals surface area contributed by atoms with Crippen LogP contribution in [-0.4, -0.2) is 41.3 Å². The van der Waals surface area contributed by atoms with Crippen LogP contribution in [0.25, 0.3) is 10.2 Å². The first-order chi connectivity index (χ1) is 13.7. The van der Waals surface area contributed by atoms with Crippen LogP contribution in [0.2, 0.25) is 0 Å². The van der Waals surface area contributed by atoms with Gasteiger partial charge in [0.2, 0.25) is 11.8 Å². The minimum atomic E-state index is -0.156. The fourth-order valence-electron chi connectivity index (χ4n) is 4.04. The summed E-state index contributed by atoms with van der Waals surface area (Å²) in [6.45, 7) is 1.23. The van der Waals surface area contributed by atoms with Crippen molar-refractivity contribution in [1.29, 1.82) is 0 Å². The largest absolute Gasteiger partial charge is 0.323 e. The third-order valence-corrected chi connectivity index (χ3v) is 6.51. The van der Waals surface area contributed by atoms with E-state index in [1.54, 1.807) is 16.2 Å². The number of likely N-dealkylation sites (tertiary alicyclic amines) is 1. The zero-order chi connectivity index (χ0) is 19.1. The molecular formula is C21H20N4O2S. The van der Waals surface area contributed by atoms with E-state index in [-0.39, 0.29) is 24.4 Å². The van der Waals surface area contributed by atoms with Gasteiger partial charge in [0.05, 0.1) is 34.2 Å². The zero-order valence-electron chi connectivity index (χ0n) is 15.3. The van der Waals surface area contributed by atoms with Crippen LogP contribution >= 0.6 is 11.3 Å². The van der Waals surface area contributed by atoms with E-state index >= 15 is 0 Å². The molecule has 2 amide bonds. The number of nitrogens with one attached hydrogen (secondary N) is 1. The highest BCUT2D eigenvalue weighted by Crippen LogP contribution is 2.37. The summed E-state index contributed by atoms with van der Waals surface area (Å²) in [4.78, 5) is 33.7. The van der Waals surface area contributed by atoms with E-state index in [2.05, 4.69) is 16.3 Å². The molecule has 142 valence electrons. The fraction of sp³-hybridized carbons (Fsp3) is 0.286. The smallest absolute Gasteiger partial charge is 0.244 e. The van der Waals surface area contributed by atoms with E-state index in [0.717, 1.165) is 35.6 Å². The molecule has 28 heavy (non-hydrogen) atoms. The second-order valence-electron chi connectivity index (χ2n) is 7.19. The Labute approximate surface area is 166 Å². The van der Waals surface area contributed by atoms with Crippen molar-refractivity contribution >= 4 is 44.7 Å². The predicted molar refractivity (Wildman–Crippen MR) is 111 cm³/mol. The van der Waals surface area contributed by atoms with Gasteiger partial charge in [0.15, 0.2) is 0 Å². The quantitative estimate of drug-likeness (QED) is 0.742. The lowest BCUT2D eigenvalue weighted by Crippen LogP contribution is -2.46. The highest BCUT2D eigenvalue weighted by atomic mass is 32.1. The first-order valence-electron chi connectivity index (χ1n) is 9.48. The molecule has 3 aromatic rings. The Bertz CT molecular complexity index is 1030. The van der Waals surface area contributed by atoms with Crippen molar-refractivity contribution in [1.82, 2.24) is 9.88 Å². The molecule has 1 N–H and O–H groups in total. The molecule has 2 aromatic carbocycles.